The van der Waals surface area contributed by atoms with E-state index in [1.54, 1.807) is 27.4 Å². The molecule has 0 radical (unpaired) electrons. The molecule has 4 rings (SSSR count). The van der Waals surface area contributed by atoms with Gasteiger partial charge in [0.25, 0.3) is 0 Å². The Morgan fingerprint density at radius 3 is 2.60 bits per heavy atom. The fourth-order valence-corrected chi connectivity index (χ4v) is 4.55. The number of hydrogen-bond donors (Lipinski definition) is 0. The summed E-state index contributed by atoms with van der Waals surface area (Å²) in [6.45, 7) is 2.52. The summed E-state index contributed by atoms with van der Waals surface area (Å²) in [6.07, 6.45) is 7.20. The first kappa shape index (κ1) is 21.6. The summed E-state index contributed by atoms with van der Waals surface area (Å²) in [4.78, 5) is 19.0. The number of pyridine rings is 1. The van der Waals surface area contributed by atoms with Gasteiger partial charge >= 0.3 is 0 Å². The van der Waals surface area contributed by atoms with Crippen LogP contribution < -0.4 is 0 Å². The summed E-state index contributed by atoms with van der Waals surface area (Å²) in [5, 5.41) is 6.21. The highest BCUT2D eigenvalue weighted by Gasteiger charge is 2.27. The summed E-state index contributed by atoms with van der Waals surface area (Å²) in [6, 6.07) is 13.6. The Bertz CT molecular complexity index is 1050. The largest absolute Gasteiger partial charge is 0.412 e. The molecular formula is C22H24N4O3S. The van der Waals surface area contributed by atoms with E-state index in [0.717, 1.165) is 22.4 Å². The Hall–Kier alpha value is -3.10. The number of nitrogens with zero attached hydrogens (tertiary/aromatic N) is 4. The molecule has 3 aromatic rings. The van der Waals surface area contributed by atoms with Gasteiger partial charge in [0.1, 0.15) is 6.54 Å². The molecule has 2 atom stereocenters. The summed E-state index contributed by atoms with van der Waals surface area (Å²) < 4.78 is 13.5. The quantitative estimate of drug-likeness (QED) is 0.605. The van der Waals surface area contributed by atoms with Crippen molar-refractivity contribution in [2.75, 3.05) is 5.75 Å². The Balaban J connectivity index is 0.00000256. The standard InChI is InChI=1S/C22H22N4O2S.H2O/c1-17-21(19-5-3-2-4-6-19)14-25(24-17)15-22(27)26(20-9-12-29(28)16-20)13-18-7-10-23-11-8-18;/h2-12,14,20H,13,15-16H2,1H3;1H2. The maximum absolute atomic E-state index is 13.2. The zero-order valence-corrected chi connectivity index (χ0v) is 17.5. The number of aromatic nitrogens is 3. The van der Waals surface area contributed by atoms with E-state index in [4.69, 9.17) is 0 Å². The lowest BCUT2D eigenvalue weighted by Crippen LogP contribution is -2.41. The van der Waals surface area contributed by atoms with Crippen molar-refractivity contribution in [1.82, 2.24) is 19.7 Å². The molecule has 3 heterocycles. The number of rotatable bonds is 6. The molecule has 0 spiro atoms. The van der Waals surface area contributed by atoms with Crippen LogP contribution >= 0.6 is 0 Å². The van der Waals surface area contributed by atoms with Crippen molar-refractivity contribution in [2.24, 2.45) is 0 Å². The molecule has 1 aliphatic rings. The molecule has 1 amide bonds. The first-order valence-corrected chi connectivity index (χ1v) is 10.8. The van der Waals surface area contributed by atoms with E-state index in [2.05, 4.69) is 10.1 Å². The highest BCUT2D eigenvalue weighted by molar-refractivity contribution is 7.88. The van der Waals surface area contributed by atoms with E-state index in [1.165, 1.54) is 0 Å². The smallest absolute Gasteiger partial charge is 0.245 e. The predicted molar refractivity (Wildman–Crippen MR) is 117 cm³/mol. The molecule has 0 aliphatic carbocycles. The normalized spacial score (nSPS) is 17.5. The van der Waals surface area contributed by atoms with Gasteiger partial charge in [0.05, 0.1) is 17.5 Å². The van der Waals surface area contributed by atoms with Crippen molar-refractivity contribution >= 4 is 16.7 Å². The number of hydrogen-bond acceptors (Lipinski definition) is 4. The summed E-state index contributed by atoms with van der Waals surface area (Å²) in [5.74, 6) is 0.377. The van der Waals surface area contributed by atoms with Crippen molar-refractivity contribution < 1.29 is 14.5 Å². The molecule has 2 N–H and O–H groups in total. The van der Waals surface area contributed by atoms with E-state index in [-0.39, 0.29) is 24.0 Å². The molecule has 0 fully saturated rings. The van der Waals surface area contributed by atoms with Crippen LogP contribution in [0.1, 0.15) is 11.3 Å². The van der Waals surface area contributed by atoms with Gasteiger partial charge in [-0.15, -0.1) is 0 Å². The molecule has 0 saturated heterocycles. The molecule has 1 aliphatic heterocycles. The monoisotopic (exact) mass is 424 g/mol. The highest BCUT2D eigenvalue weighted by Crippen LogP contribution is 2.22. The van der Waals surface area contributed by atoms with Gasteiger partial charge in [-0.2, -0.15) is 5.10 Å². The van der Waals surface area contributed by atoms with Gasteiger partial charge in [0.2, 0.25) is 5.91 Å². The molecule has 156 valence electrons. The molecule has 2 aromatic heterocycles. The molecule has 30 heavy (non-hydrogen) atoms. The van der Waals surface area contributed by atoms with Crippen LogP contribution in [0.15, 0.2) is 72.5 Å². The van der Waals surface area contributed by atoms with E-state index in [9.17, 15) is 9.00 Å². The van der Waals surface area contributed by atoms with Crippen LogP contribution in [0.5, 0.6) is 0 Å². The Morgan fingerprint density at radius 1 is 1.20 bits per heavy atom. The van der Waals surface area contributed by atoms with Crippen molar-refractivity contribution in [3.63, 3.8) is 0 Å². The minimum absolute atomic E-state index is 0. The van der Waals surface area contributed by atoms with Gasteiger partial charge in [-0.25, -0.2) is 0 Å². The second-order valence-corrected chi connectivity index (χ2v) is 8.38. The van der Waals surface area contributed by atoms with Gasteiger partial charge in [-0.05, 0) is 30.2 Å². The zero-order chi connectivity index (χ0) is 20.2. The number of carbonyl (C=O) groups excluding carboxylic acids is 1. The number of carbonyl (C=O) groups is 1. The van der Waals surface area contributed by atoms with E-state index < -0.39 is 10.8 Å². The topological polar surface area (TPSA) is 99.6 Å². The van der Waals surface area contributed by atoms with Gasteiger partial charge in [-0.3, -0.25) is 18.7 Å². The van der Waals surface area contributed by atoms with Crippen LogP contribution in [0.4, 0.5) is 0 Å². The minimum atomic E-state index is -1.03. The van der Waals surface area contributed by atoms with Crippen LogP contribution in [0.25, 0.3) is 11.1 Å². The molecular weight excluding hydrogens is 400 g/mol. The van der Waals surface area contributed by atoms with E-state index in [0.29, 0.717) is 12.3 Å². The van der Waals surface area contributed by atoms with Gasteiger partial charge in [0.15, 0.2) is 0 Å². The molecule has 8 heteroatoms. The summed E-state index contributed by atoms with van der Waals surface area (Å²) in [7, 11) is -1.03. The van der Waals surface area contributed by atoms with E-state index >= 15 is 0 Å². The summed E-state index contributed by atoms with van der Waals surface area (Å²) >= 11 is 0. The molecule has 7 nitrogen and oxygen atoms in total. The predicted octanol–water partition coefficient (Wildman–Crippen LogP) is 2.10. The lowest BCUT2D eigenvalue weighted by Gasteiger charge is -2.27. The van der Waals surface area contributed by atoms with Gasteiger partial charge in [-0.1, -0.05) is 36.4 Å². The average Bonchev–Trinajstić information content (AvgIpc) is 3.32. The Morgan fingerprint density at radius 2 is 1.93 bits per heavy atom. The van der Waals surface area contributed by atoms with Crippen molar-refractivity contribution in [2.45, 2.75) is 26.1 Å². The summed E-state index contributed by atoms with van der Waals surface area (Å²) in [5.41, 5.74) is 3.96. The van der Waals surface area contributed by atoms with Crippen molar-refractivity contribution in [3.8, 4) is 11.1 Å². The maximum Gasteiger partial charge on any atom is 0.245 e. The zero-order valence-electron chi connectivity index (χ0n) is 16.6. The first-order valence-electron chi connectivity index (χ1n) is 9.43. The fraction of sp³-hybridized carbons (Fsp3) is 0.227. The van der Waals surface area contributed by atoms with Crippen LogP contribution in [0.2, 0.25) is 0 Å². The van der Waals surface area contributed by atoms with Crippen molar-refractivity contribution in [3.05, 3.63) is 83.8 Å². The Kier molecular flexibility index (Phi) is 6.91. The number of benzene rings is 1. The second-order valence-electron chi connectivity index (χ2n) is 7.01. The van der Waals surface area contributed by atoms with Gasteiger partial charge in [0, 0.05) is 46.9 Å². The van der Waals surface area contributed by atoms with Gasteiger partial charge < -0.3 is 10.4 Å². The third kappa shape index (κ3) is 4.90. The van der Waals surface area contributed by atoms with Crippen LogP contribution in [-0.4, -0.2) is 47.1 Å². The fourth-order valence-electron chi connectivity index (χ4n) is 3.46. The SMILES string of the molecule is Cc1nn(CC(=O)N(Cc2ccncc2)C2C=CS(=O)C2)cc1-c1ccccc1.O. The highest BCUT2D eigenvalue weighted by atomic mass is 32.2. The van der Waals surface area contributed by atoms with Crippen LogP contribution in [-0.2, 0) is 28.7 Å². The molecule has 1 aromatic carbocycles. The lowest BCUT2D eigenvalue weighted by atomic mass is 10.1. The number of aryl methyl sites for hydroxylation is 1. The maximum atomic E-state index is 13.2. The minimum Gasteiger partial charge on any atom is -0.412 e. The van der Waals surface area contributed by atoms with Crippen molar-refractivity contribution in [1.29, 1.82) is 0 Å². The number of amides is 1. The lowest BCUT2D eigenvalue weighted by molar-refractivity contribution is -0.133. The Labute approximate surface area is 177 Å². The third-order valence-electron chi connectivity index (χ3n) is 4.94. The van der Waals surface area contributed by atoms with Crippen LogP contribution in [0, 0.1) is 6.92 Å². The second kappa shape index (κ2) is 9.60. The average molecular weight is 425 g/mol. The van der Waals surface area contributed by atoms with E-state index in [1.807, 2.05) is 61.7 Å². The molecule has 0 bridgehead atoms. The molecule has 2 unspecified atom stereocenters. The van der Waals surface area contributed by atoms with Crippen LogP contribution in [0.3, 0.4) is 0 Å². The molecule has 0 saturated carbocycles. The third-order valence-corrected chi connectivity index (χ3v) is 6.07. The first-order chi connectivity index (χ1) is 14.1.